The summed E-state index contributed by atoms with van der Waals surface area (Å²) in [5.74, 6) is 1.44. The molecular formula is C20H21F2N7O. The molecule has 1 aromatic carbocycles. The molecule has 2 aromatic heterocycles. The van der Waals surface area contributed by atoms with Gasteiger partial charge in [0.2, 0.25) is 5.88 Å². The van der Waals surface area contributed by atoms with Crippen molar-refractivity contribution in [2.45, 2.75) is 12.8 Å². The van der Waals surface area contributed by atoms with Gasteiger partial charge in [-0.2, -0.15) is 10.4 Å². The first kappa shape index (κ1) is 21.1. The van der Waals surface area contributed by atoms with E-state index >= 15 is 0 Å². The van der Waals surface area contributed by atoms with E-state index in [4.69, 9.17) is 10.5 Å². The van der Waals surface area contributed by atoms with Crippen molar-refractivity contribution in [3.05, 3.63) is 47.8 Å². The van der Waals surface area contributed by atoms with Crippen LogP contribution < -0.4 is 15.4 Å². The maximum atomic E-state index is 12.7. The molecule has 0 unspecified atom stereocenters. The quantitative estimate of drug-likeness (QED) is 0.605. The van der Waals surface area contributed by atoms with Crippen LogP contribution in [-0.4, -0.2) is 46.3 Å². The van der Waals surface area contributed by atoms with Crippen molar-refractivity contribution in [1.29, 1.82) is 5.26 Å². The van der Waals surface area contributed by atoms with Crippen LogP contribution in [0.1, 0.15) is 11.1 Å². The monoisotopic (exact) mass is 413 g/mol. The van der Waals surface area contributed by atoms with Crippen molar-refractivity contribution in [3.8, 4) is 29.1 Å². The third-order valence-electron chi connectivity index (χ3n) is 4.33. The van der Waals surface area contributed by atoms with Gasteiger partial charge in [0.1, 0.15) is 5.75 Å². The predicted molar refractivity (Wildman–Crippen MR) is 107 cm³/mol. The number of anilines is 1. The van der Waals surface area contributed by atoms with E-state index in [1.807, 2.05) is 0 Å². The second-order valence-electron chi connectivity index (χ2n) is 6.61. The zero-order chi connectivity index (χ0) is 21.7. The van der Waals surface area contributed by atoms with Crippen LogP contribution in [0.5, 0.6) is 11.6 Å². The van der Waals surface area contributed by atoms with Gasteiger partial charge in [-0.3, -0.25) is 0 Å². The van der Waals surface area contributed by atoms with Crippen molar-refractivity contribution < 1.29 is 13.5 Å². The lowest BCUT2D eigenvalue weighted by Gasteiger charge is -2.14. The molecule has 2 N–H and O–H groups in total. The lowest BCUT2D eigenvalue weighted by atomic mass is 10.1. The van der Waals surface area contributed by atoms with Gasteiger partial charge in [-0.25, -0.2) is 23.4 Å². The third kappa shape index (κ3) is 4.87. The Bertz CT molecular complexity index is 1040. The van der Waals surface area contributed by atoms with Gasteiger partial charge in [0.05, 0.1) is 23.7 Å². The van der Waals surface area contributed by atoms with Gasteiger partial charge in [-0.1, -0.05) is 0 Å². The first-order valence-corrected chi connectivity index (χ1v) is 9.18. The minimum absolute atomic E-state index is 0.321. The average molecular weight is 413 g/mol. The van der Waals surface area contributed by atoms with Crippen molar-refractivity contribution in [1.82, 2.24) is 19.7 Å². The Labute approximate surface area is 172 Å². The largest absolute Gasteiger partial charge is 0.438 e. The van der Waals surface area contributed by atoms with Crippen molar-refractivity contribution >= 4 is 5.82 Å². The lowest BCUT2D eigenvalue weighted by molar-refractivity contribution is 0.156. The Morgan fingerprint density at radius 3 is 2.63 bits per heavy atom. The average Bonchev–Trinajstić information content (AvgIpc) is 3.09. The number of rotatable bonds is 8. The third-order valence-corrected chi connectivity index (χ3v) is 4.33. The number of alkyl halides is 2. The van der Waals surface area contributed by atoms with Crippen molar-refractivity contribution in [2.75, 3.05) is 25.0 Å². The molecule has 0 aliphatic heterocycles. The fourth-order valence-corrected chi connectivity index (χ4v) is 2.78. The number of aromatic nitrogens is 4. The smallest absolute Gasteiger partial charge is 0.255 e. The molecule has 3 rings (SSSR count). The molecule has 0 aliphatic carbocycles. The number of ether oxygens (including phenoxy) is 1. The molecule has 156 valence electrons. The fraction of sp³-hybridized carbons (Fsp3) is 0.300. The minimum atomic E-state index is -2.49. The van der Waals surface area contributed by atoms with E-state index in [-0.39, 0.29) is 0 Å². The Kier molecular flexibility index (Phi) is 6.54. The summed E-state index contributed by atoms with van der Waals surface area (Å²) in [6, 6.07) is 8.54. The van der Waals surface area contributed by atoms with Crippen LogP contribution in [0, 0.1) is 11.3 Å². The summed E-state index contributed by atoms with van der Waals surface area (Å²) in [5, 5.41) is 13.5. The van der Waals surface area contributed by atoms with Gasteiger partial charge in [-0.15, -0.1) is 0 Å². The fourth-order valence-electron chi connectivity index (χ4n) is 2.78. The van der Waals surface area contributed by atoms with Gasteiger partial charge >= 0.3 is 0 Å². The van der Waals surface area contributed by atoms with Gasteiger partial charge in [0.25, 0.3) is 6.43 Å². The van der Waals surface area contributed by atoms with Gasteiger partial charge in [-0.05, 0) is 36.7 Å². The Morgan fingerprint density at radius 2 is 2.00 bits per heavy atom. The molecule has 2 heterocycles. The lowest BCUT2D eigenvalue weighted by Crippen LogP contribution is -2.24. The van der Waals surface area contributed by atoms with Crippen LogP contribution in [-0.2, 0) is 13.5 Å². The highest BCUT2D eigenvalue weighted by molar-refractivity contribution is 5.66. The topological polar surface area (TPSA) is 106 Å². The number of hydrogen-bond acceptors (Lipinski definition) is 7. The number of benzene rings is 1. The molecule has 0 saturated heterocycles. The number of nitrogens with two attached hydrogens (primary N) is 1. The molecular weight excluding hydrogens is 392 g/mol. The molecule has 0 radical (unpaired) electrons. The molecule has 30 heavy (non-hydrogen) atoms. The Morgan fingerprint density at radius 1 is 1.27 bits per heavy atom. The number of hydrogen-bond donors (Lipinski definition) is 1. The number of aryl methyl sites for hydroxylation is 1. The van der Waals surface area contributed by atoms with E-state index in [2.05, 4.69) is 21.1 Å². The molecule has 0 spiro atoms. The molecule has 0 saturated carbocycles. The highest BCUT2D eigenvalue weighted by atomic mass is 19.3. The Hall–Kier alpha value is -3.58. The summed E-state index contributed by atoms with van der Waals surface area (Å²) in [6.07, 6.45) is 1.57. The van der Waals surface area contributed by atoms with E-state index in [1.165, 1.54) is 16.6 Å². The molecule has 3 aromatic rings. The molecule has 0 amide bonds. The number of nitrogens with zero attached hydrogens (tertiary/aromatic N) is 6. The van der Waals surface area contributed by atoms with E-state index in [0.29, 0.717) is 47.4 Å². The standard InChI is InChI=1S/C20H21F2N7O/c1-28(12-17(21)22)18-8-19(29(2)27-18)30-16-7-13(9-24)3-4-15(16)20-25-10-14(5-6-23)11-26-20/h3-4,7-8,10-11,17H,5-6,12,23H2,1-2H3. The van der Waals surface area contributed by atoms with E-state index in [9.17, 15) is 14.0 Å². The first-order valence-electron chi connectivity index (χ1n) is 9.18. The van der Waals surface area contributed by atoms with Crippen molar-refractivity contribution in [3.63, 3.8) is 0 Å². The summed E-state index contributed by atoms with van der Waals surface area (Å²) in [5.41, 5.74) is 7.44. The second-order valence-corrected chi connectivity index (χ2v) is 6.61. The van der Waals surface area contributed by atoms with E-state index in [1.54, 1.807) is 43.7 Å². The summed E-state index contributed by atoms with van der Waals surface area (Å²) >= 11 is 0. The molecule has 8 nitrogen and oxygen atoms in total. The van der Waals surface area contributed by atoms with Crippen molar-refractivity contribution in [2.24, 2.45) is 12.8 Å². The van der Waals surface area contributed by atoms with E-state index in [0.717, 1.165) is 5.56 Å². The molecule has 0 bridgehead atoms. The second kappa shape index (κ2) is 9.28. The van der Waals surface area contributed by atoms with Gasteiger partial charge < -0.3 is 15.4 Å². The van der Waals surface area contributed by atoms with E-state index < -0.39 is 13.0 Å². The minimum Gasteiger partial charge on any atom is -0.438 e. The summed E-state index contributed by atoms with van der Waals surface area (Å²) in [6.45, 7) is 0.0470. The SMILES string of the molecule is CN(CC(F)F)c1cc(Oc2cc(C#N)ccc2-c2ncc(CCN)cn2)n(C)n1. The maximum Gasteiger partial charge on any atom is 0.255 e. The molecule has 0 aliphatic rings. The maximum absolute atomic E-state index is 12.7. The predicted octanol–water partition coefficient (Wildman–Crippen LogP) is 2.74. The number of halogens is 2. The first-order chi connectivity index (χ1) is 14.4. The normalized spacial score (nSPS) is 10.8. The molecule has 0 atom stereocenters. The van der Waals surface area contributed by atoms with Crippen LogP contribution in [0.2, 0.25) is 0 Å². The van der Waals surface area contributed by atoms with Crippen LogP contribution in [0.15, 0.2) is 36.7 Å². The van der Waals surface area contributed by atoms with Gasteiger partial charge in [0.15, 0.2) is 11.6 Å². The van der Waals surface area contributed by atoms with Crippen LogP contribution >= 0.6 is 0 Å². The molecule has 10 heteroatoms. The summed E-state index contributed by atoms with van der Waals surface area (Å²) in [4.78, 5) is 10.1. The zero-order valence-electron chi connectivity index (χ0n) is 16.6. The number of nitriles is 1. The zero-order valence-corrected chi connectivity index (χ0v) is 16.6. The summed E-state index contributed by atoms with van der Waals surface area (Å²) in [7, 11) is 3.16. The van der Waals surface area contributed by atoms with Crippen LogP contribution in [0.25, 0.3) is 11.4 Å². The summed E-state index contributed by atoms with van der Waals surface area (Å²) < 4.78 is 32.8. The van der Waals surface area contributed by atoms with Crippen LogP contribution in [0.3, 0.4) is 0 Å². The van der Waals surface area contributed by atoms with Crippen LogP contribution in [0.4, 0.5) is 14.6 Å². The molecule has 0 fully saturated rings. The highest BCUT2D eigenvalue weighted by Gasteiger charge is 2.17. The Balaban J connectivity index is 1.94. The highest BCUT2D eigenvalue weighted by Crippen LogP contribution is 2.33. The van der Waals surface area contributed by atoms with Gasteiger partial charge in [0, 0.05) is 32.6 Å².